The Kier molecular flexibility index (Phi) is 5.08. The van der Waals surface area contributed by atoms with Gasteiger partial charge in [-0.05, 0) is 32.1 Å². The summed E-state index contributed by atoms with van der Waals surface area (Å²) in [5.41, 5.74) is -0.645. The number of hydrogen-bond donors (Lipinski definition) is 1. The first-order chi connectivity index (χ1) is 10.0. The smallest absolute Gasteiger partial charge is 0.320 e. The molecule has 1 saturated heterocycles. The molecule has 120 valence electrons. The average molecular weight is 298 g/mol. The summed E-state index contributed by atoms with van der Waals surface area (Å²) in [4.78, 5) is 27.8. The van der Waals surface area contributed by atoms with Crippen LogP contribution in [0.15, 0.2) is 0 Å². The maximum Gasteiger partial charge on any atom is 0.320 e. The summed E-state index contributed by atoms with van der Waals surface area (Å²) < 4.78 is 5.08. The van der Waals surface area contributed by atoms with Gasteiger partial charge in [0.25, 0.3) is 0 Å². The highest BCUT2D eigenvalue weighted by Gasteiger charge is 2.42. The molecule has 0 aromatic heterocycles. The molecule has 0 spiro atoms. The molecule has 1 aliphatic heterocycles. The van der Waals surface area contributed by atoms with Crippen LogP contribution in [0, 0.1) is 5.41 Å². The van der Waals surface area contributed by atoms with Crippen molar-refractivity contribution in [2.24, 2.45) is 5.41 Å². The minimum Gasteiger partial charge on any atom is -0.481 e. The highest BCUT2D eigenvalue weighted by atomic mass is 16.5. The van der Waals surface area contributed by atoms with Gasteiger partial charge in [0.2, 0.25) is 0 Å². The van der Waals surface area contributed by atoms with Gasteiger partial charge in [-0.2, -0.15) is 0 Å². The molecule has 1 N–H and O–H groups in total. The number of methoxy groups -OCH3 is 1. The Hall–Kier alpha value is -1.30. The number of amides is 2. The van der Waals surface area contributed by atoms with Crippen LogP contribution in [0.3, 0.4) is 0 Å². The number of ether oxygens (including phenoxy) is 1. The summed E-state index contributed by atoms with van der Waals surface area (Å²) >= 11 is 0. The van der Waals surface area contributed by atoms with Crippen molar-refractivity contribution in [1.29, 1.82) is 0 Å². The van der Waals surface area contributed by atoms with Crippen molar-refractivity contribution in [1.82, 2.24) is 9.80 Å². The second-order valence-corrected chi connectivity index (χ2v) is 6.13. The number of urea groups is 1. The van der Waals surface area contributed by atoms with Crippen molar-refractivity contribution < 1.29 is 19.4 Å². The Morgan fingerprint density at radius 2 is 1.95 bits per heavy atom. The van der Waals surface area contributed by atoms with Gasteiger partial charge in [-0.25, -0.2) is 4.79 Å². The summed E-state index contributed by atoms with van der Waals surface area (Å²) in [7, 11) is 1.64. The predicted octanol–water partition coefficient (Wildman–Crippen LogP) is 1.79. The van der Waals surface area contributed by atoms with Gasteiger partial charge < -0.3 is 19.6 Å². The van der Waals surface area contributed by atoms with Crippen molar-refractivity contribution in [3.05, 3.63) is 0 Å². The summed E-state index contributed by atoms with van der Waals surface area (Å²) in [6.07, 6.45) is 3.86. The lowest BCUT2D eigenvalue weighted by Crippen LogP contribution is -2.51. The Morgan fingerprint density at radius 3 is 2.38 bits per heavy atom. The van der Waals surface area contributed by atoms with E-state index in [4.69, 9.17) is 4.74 Å². The van der Waals surface area contributed by atoms with E-state index < -0.39 is 11.4 Å². The fourth-order valence-corrected chi connectivity index (χ4v) is 3.04. The van der Waals surface area contributed by atoms with Crippen LogP contribution in [0.1, 0.15) is 39.0 Å². The van der Waals surface area contributed by atoms with Crippen LogP contribution >= 0.6 is 0 Å². The van der Waals surface area contributed by atoms with Crippen LogP contribution in [0.5, 0.6) is 0 Å². The fourth-order valence-electron chi connectivity index (χ4n) is 3.04. The average Bonchev–Trinajstić information content (AvgIpc) is 3.32. The third-order valence-electron chi connectivity index (χ3n) is 4.89. The summed E-state index contributed by atoms with van der Waals surface area (Å²) in [6, 6.07) is 0.398. The zero-order chi connectivity index (χ0) is 15.5. The summed E-state index contributed by atoms with van der Waals surface area (Å²) in [5.74, 6) is -0.726. The number of likely N-dealkylation sites (tertiary alicyclic amines) is 1. The van der Waals surface area contributed by atoms with Crippen molar-refractivity contribution in [2.75, 3.05) is 33.4 Å². The molecular weight excluding hydrogens is 272 g/mol. The second-order valence-electron chi connectivity index (χ2n) is 6.13. The monoisotopic (exact) mass is 298 g/mol. The molecular formula is C15H26N2O4. The minimum atomic E-state index is -0.726. The summed E-state index contributed by atoms with van der Waals surface area (Å²) in [5, 5.41) is 9.41. The van der Waals surface area contributed by atoms with Gasteiger partial charge >= 0.3 is 12.0 Å². The molecule has 2 rings (SSSR count). The third kappa shape index (κ3) is 3.48. The molecule has 0 unspecified atom stereocenters. The van der Waals surface area contributed by atoms with E-state index in [0.29, 0.717) is 51.5 Å². The van der Waals surface area contributed by atoms with Gasteiger partial charge in [-0.15, -0.1) is 0 Å². The lowest BCUT2D eigenvalue weighted by molar-refractivity contribution is -0.152. The van der Waals surface area contributed by atoms with Crippen LogP contribution in [0.2, 0.25) is 0 Å². The number of piperidine rings is 1. The second kappa shape index (κ2) is 6.64. The molecule has 1 aliphatic carbocycles. The van der Waals surface area contributed by atoms with E-state index in [1.165, 1.54) is 0 Å². The standard InChI is InChI=1S/C15H26N2O4/c1-3-15(13(18)19)6-8-16(9-7-15)14(20)17(10-11-21-2)12-4-5-12/h12H,3-11H2,1-2H3,(H,18,19). The van der Waals surface area contributed by atoms with Crippen LogP contribution in [0.25, 0.3) is 0 Å². The molecule has 0 aromatic rings. The van der Waals surface area contributed by atoms with Gasteiger partial charge in [0.1, 0.15) is 0 Å². The Morgan fingerprint density at radius 1 is 1.33 bits per heavy atom. The van der Waals surface area contributed by atoms with E-state index in [1.54, 1.807) is 7.11 Å². The molecule has 0 atom stereocenters. The van der Waals surface area contributed by atoms with E-state index >= 15 is 0 Å². The van der Waals surface area contributed by atoms with Gasteiger partial charge in [0, 0.05) is 32.8 Å². The van der Waals surface area contributed by atoms with Crippen LogP contribution in [0.4, 0.5) is 4.79 Å². The SMILES string of the molecule is CCC1(C(=O)O)CCN(C(=O)N(CCOC)C2CC2)CC1. The quantitative estimate of drug-likeness (QED) is 0.811. The van der Waals surface area contributed by atoms with Crippen LogP contribution < -0.4 is 0 Å². The number of hydrogen-bond acceptors (Lipinski definition) is 3. The molecule has 1 saturated carbocycles. The van der Waals surface area contributed by atoms with Crippen molar-refractivity contribution in [2.45, 2.75) is 45.1 Å². The van der Waals surface area contributed by atoms with E-state index in [-0.39, 0.29) is 6.03 Å². The first kappa shape index (κ1) is 16.1. The number of nitrogens with zero attached hydrogens (tertiary/aromatic N) is 2. The Bertz CT molecular complexity index is 387. The van der Waals surface area contributed by atoms with Crippen LogP contribution in [-0.2, 0) is 9.53 Å². The fraction of sp³-hybridized carbons (Fsp3) is 0.867. The number of rotatable bonds is 6. The first-order valence-electron chi connectivity index (χ1n) is 7.82. The molecule has 0 aromatic carbocycles. The number of carboxylic acid groups (broad SMARTS) is 1. The molecule has 0 bridgehead atoms. The molecule has 2 aliphatic rings. The molecule has 2 fully saturated rings. The lowest BCUT2D eigenvalue weighted by atomic mass is 9.76. The first-order valence-corrected chi connectivity index (χ1v) is 7.82. The van der Waals surface area contributed by atoms with Crippen molar-refractivity contribution in [3.8, 4) is 0 Å². The number of carboxylic acids is 1. The molecule has 6 heteroatoms. The number of carbonyl (C=O) groups excluding carboxylic acids is 1. The summed E-state index contributed by atoms with van der Waals surface area (Å²) in [6.45, 7) is 4.16. The van der Waals surface area contributed by atoms with E-state index in [1.807, 2.05) is 16.7 Å². The predicted molar refractivity (Wildman–Crippen MR) is 78.2 cm³/mol. The van der Waals surface area contributed by atoms with Gasteiger partial charge in [0.15, 0.2) is 0 Å². The zero-order valence-corrected chi connectivity index (χ0v) is 13.0. The van der Waals surface area contributed by atoms with Crippen LogP contribution in [-0.4, -0.2) is 66.3 Å². The zero-order valence-electron chi connectivity index (χ0n) is 13.0. The van der Waals surface area contributed by atoms with Crippen molar-refractivity contribution >= 4 is 12.0 Å². The number of aliphatic carboxylic acids is 1. The van der Waals surface area contributed by atoms with Gasteiger partial charge in [-0.1, -0.05) is 6.92 Å². The third-order valence-corrected chi connectivity index (χ3v) is 4.89. The lowest BCUT2D eigenvalue weighted by Gasteiger charge is -2.40. The van der Waals surface area contributed by atoms with E-state index in [2.05, 4.69) is 0 Å². The Balaban J connectivity index is 1.93. The van der Waals surface area contributed by atoms with E-state index in [9.17, 15) is 14.7 Å². The number of carbonyl (C=O) groups is 2. The normalized spacial score (nSPS) is 21.1. The largest absolute Gasteiger partial charge is 0.481 e. The Labute approximate surface area is 126 Å². The van der Waals surface area contributed by atoms with Crippen molar-refractivity contribution in [3.63, 3.8) is 0 Å². The highest BCUT2D eigenvalue weighted by Crippen LogP contribution is 2.36. The highest BCUT2D eigenvalue weighted by molar-refractivity contribution is 5.77. The minimum absolute atomic E-state index is 0.0460. The van der Waals surface area contributed by atoms with Gasteiger partial charge in [-0.3, -0.25) is 4.79 Å². The molecule has 1 heterocycles. The molecule has 6 nitrogen and oxygen atoms in total. The molecule has 0 radical (unpaired) electrons. The molecule has 2 amide bonds. The maximum absolute atomic E-state index is 12.6. The van der Waals surface area contributed by atoms with Gasteiger partial charge in [0.05, 0.1) is 12.0 Å². The topological polar surface area (TPSA) is 70.1 Å². The maximum atomic E-state index is 12.6. The van der Waals surface area contributed by atoms with E-state index in [0.717, 1.165) is 12.8 Å². The molecule has 21 heavy (non-hydrogen) atoms.